The van der Waals surface area contributed by atoms with Gasteiger partial charge in [-0.15, -0.1) is 10.2 Å². The lowest BCUT2D eigenvalue weighted by Crippen LogP contribution is -2.06. The molecule has 2 aromatic carbocycles. The van der Waals surface area contributed by atoms with Crippen molar-refractivity contribution in [2.75, 3.05) is 19.5 Å². The third kappa shape index (κ3) is 4.68. The number of rotatable bonds is 9. The molecule has 7 heteroatoms. The van der Waals surface area contributed by atoms with Crippen LogP contribution in [0.5, 0.6) is 11.5 Å². The van der Waals surface area contributed by atoms with E-state index in [4.69, 9.17) is 13.9 Å². The van der Waals surface area contributed by atoms with Gasteiger partial charge in [-0.25, -0.2) is 0 Å². The second-order valence-corrected chi connectivity index (χ2v) is 7.72. The van der Waals surface area contributed by atoms with Gasteiger partial charge in [-0.2, -0.15) is 0 Å². The first kappa shape index (κ1) is 20.1. The third-order valence-electron chi connectivity index (χ3n) is 4.62. The minimum atomic E-state index is 0.558. The molecule has 2 heterocycles. The van der Waals surface area contributed by atoms with E-state index in [2.05, 4.69) is 14.8 Å². The summed E-state index contributed by atoms with van der Waals surface area (Å²) in [5.41, 5.74) is 2.10. The number of thioether (sulfide) groups is 1. The quantitative estimate of drug-likeness (QED) is 0.278. The van der Waals surface area contributed by atoms with Crippen LogP contribution in [0.2, 0.25) is 0 Å². The summed E-state index contributed by atoms with van der Waals surface area (Å²) in [6.45, 7) is 3.19. The van der Waals surface area contributed by atoms with Crippen LogP contribution in [0.4, 0.5) is 0 Å². The smallest absolute Gasteiger partial charge is 0.192 e. The van der Waals surface area contributed by atoms with Crippen molar-refractivity contribution in [1.82, 2.24) is 14.8 Å². The first-order chi connectivity index (χ1) is 14.7. The van der Waals surface area contributed by atoms with Crippen LogP contribution in [-0.4, -0.2) is 34.2 Å². The maximum absolute atomic E-state index is 5.91. The molecular weight excluding hydrogens is 398 g/mol. The number of hydrogen-bond donors (Lipinski definition) is 0. The molecule has 0 amide bonds. The molecule has 0 spiro atoms. The predicted octanol–water partition coefficient (Wildman–Crippen LogP) is 5.07. The van der Waals surface area contributed by atoms with E-state index in [-0.39, 0.29) is 0 Å². The zero-order valence-corrected chi connectivity index (χ0v) is 17.8. The number of nitrogens with zero attached hydrogens (tertiary/aromatic N) is 3. The summed E-state index contributed by atoms with van der Waals surface area (Å²) < 4.78 is 18.8. The van der Waals surface area contributed by atoms with E-state index < -0.39 is 0 Å². The van der Waals surface area contributed by atoms with Gasteiger partial charge in [-0.1, -0.05) is 30.0 Å². The SMILES string of the molecule is COc1ccc(-c2nnc(SCCOc3ccccc3C)n2Cc2ccco2)cc1. The average molecular weight is 422 g/mol. The van der Waals surface area contributed by atoms with E-state index in [9.17, 15) is 0 Å². The summed E-state index contributed by atoms with van der Waals surface area (Å²) in [5.74, 6) is 4.11. The van der Waals surface area contributed by atoms with Gasteiger partial charge in [0.05, 0.1) is 26.5 Å². The molecule has 30 heavy (non-hydrogen) atoms. The average Bonchev–Trinajstić information content (AvgIpc) is 3.43. The Morgan fingerprint density at radius 3 is 2.57 bits per heavy atom. The van der Waals surface area contributed by atoms with Gasteiger partial charge in [-0.05, 0) is 55.0 Å². The molecule has 0 aliphatic heterocycles. The summed E-state index contributed by atoms with van der Waals surface area (Å²) >= 11 is 1.62. The number of benzene rings is 2. The van der Waals surface area contributed by atoms with E-state index in [0.717, 1.165) is 45.1 Å². The van der Waals surface area contributed by atoms with E-state index in [1.54, 1.807) is 25.1 Å². The Kier molecular flexibility index (Phi) is 6.39. The maximum Gasteiger partial charge on any atom is 0.192 e. The highest BCUT2D eigenvalue weighted by Gasteiger charge is 2.16. The minimum absolute atomic E-state index is 0.558. The van der Waals surface area contributed by atoms with Gasteiger partial charge in [0.1, 0.15) is 17.3 Å². The molecule has 0 unspecified atom stereocenters. The fourth-order valence-corrected chi connectivity index (χ4v) is 3.81. The Bertz CT molecular complexity index is 1080. The zero-order valence-electron chi connectivity index (χ0n) is 16.9. The van der Waals surface area contributed by atoms with Crippen LogP contribution >= 0.6 is 11.8 Å². The molecule has 6 nitrogen and oxygen atoms in total. The predicted molar refractivity (Wildman–Crippen MR) is 117 cm³/mol. The van der Waals surface area contributed by atoms with Crippen molar-refractivity contribution in [3.8, 4) is 22.9 Å². The molecule has 0 N–H and O–H groups in total. The normalized spacial score (nSPS) is 10.9. The molecule has 0 bridgehead atoms. The van der Waals surface area contributed by atoms with Crippen molar-refractivity contribution in [3.05, 3.63) is 78.3 Å². The van der Waals surface area contributed by atoms with Crippen molar-refractivity contribution < 1.29 is 13.9 Å². The first-order valence-corrected chi connectivity index (χ1v) is 10.6. The fourth-order valence-electron chi connectivity index (χ4n) is 3.05. The Morgan fingerprint density at radius 2 is 1.83 bits per heavy atom. The van der Waals surface area contributed by atoms with Gasteiger partial charge in [0.25, 0.3) is 0 Å². The first-order valence-electron chi connectivity index (χ1n) is 9.66. The third-order valence-corrected chi connectivity index (χ3v) is 5.56. The summed E-state index contributed by atoms with van der Waals surface area (Å²) in [7, 11) is 1.65. The molecule has 0 radical (unpaired) electrons. The monoisotopic (exact) mass is 421 g/mol. The molecule has 0 saturated heterocycles. The number of ether oxygens (including phenoxy) is 2. The number of aromatic nitrogens is 3. The highest BCUT2D eigenvalue weighted by molar-refractivity contribution is 7.99. The van der Waals surface area contributed by atoms with Crippen LogP contribution in [0.25, 0.3) is 11.4 Å². The zero-order chi connectivity index (χ0) is 20.8. The second kappa shape index (κ2) is 9.54. The van der Waals surface area contributed by atoms with E-state index in [1.807, 2.05) is 67.6 Å². The van der Waals surface area contributed by atoms with Crippen molar-refractivity contribution >= 4 is 11.8 Å². The van der Waals surface area contributed by atoms with Gasteiger partial charge in [-0.3, -0.25) is 4.57 Å². The molecule has 0 fully saturated rings. The van der Waals surface area contributed by atoms with Crippen LogP contribution in [-0.2, 0) is 6.54 Å². The summed E-state index contributed by atoms with van der Waals surface area (Å²) in [6.07, 6.45) is 1.68. The Hall–Kier alpha value is -3.19. The molecule has 0 aliphatic rings. The summed E-state index contributed by atoms with van der Waals surface area (Å²) in [6, 6.07) is 19.7. The molecule has 4 aromatic rings. The number of hydrogen-bond acceptors (Lipinski definition) is 6. The topological polar surface area (TPSA) is 62.3 Å². The minimum Gasteiger partial charge on any atom is -0.497 e. The van der Waals surface area contributed by atoms with Crippen LogP contribution in [0.3, 0.4) is 0 Å². The van der Waals surface area contributed by atoms with Gasteiger partial charge in [0.15, 0.2) is 11.0 Å². The number of aryl methyl sites for hydroxylation is 1. The van der Waals surface area contributed by atoms with Crippen molar-refractivity contribution in [2.24, 2.45) is 0 Å². The van der Waals surface area contributed by atoms with Crippen LogP contribution in [0, 0.1) is 6.92 Å². The van der Waals surface area contributed by atoms with Crippen molar-refractivity contribution in [2.45, 2.75) is 18.6 Å². The number of furan rings is 1. The van der Waals surface area contributed by atoms with Crippen molar-refractivity contribution in [1.29, 1.82) is 0 Å². The summed E-state index contributed by atoms with van der Waals surface area (Å²) in [4.78, 5) is 0. The lowest BCUT2D eigenvalue weighted by Gasteiger charge is -2.10. The van der Waals surface area contributed by atoms with E-state index in [0.29, 0.717) is 13.2 Å². The van der Waals surface area contributed by atoms with Crippen LogP contribution < -0.4 is 9.47 Å². The van der Waals surface area contributed by atoms with Gasteiger partial charge >= 0.3 is 0 Å². The van der Waals surface area contributed by atoms with E-state index >= 15 is 0 Å². The van der Waals surface area contributed by atoms with Crippen LogP contribution in [0.15, 0.2) is 76.5 Å². The lowest BCUT2D eigenvalue weighted by molar-refractivity contribution is 0.341. The van der Waals surface area contributed by atoms with Crippen LogP contribution in [0.1, 0.15) is 11.3 Å². The highest BCUT2D eigenvalue weighted by Crippen LogP contribution is 2.27. The lowest BCUT2D eigenvalue weighted by atomic mass is 10.2. The Labute approximate surface area is 179 Å². The molecular formula is C23H23N3O3S. The number of methoxy groups -OCH3 is 1. The fraction of sp³-hybridized carbons (Fsp3) is 0.217. The molecule has 154 valence electrons. The molecule has 0 atom stereocenters. The van der Waals surface area contributed by atoms with Gasteiger partial charge < -0.3 is 13.9 Å². The Balaban J connectivity index is 1.50. The standard InChI is InChI=1S/C23H23N3O3S/c1-17-6-3-4-8-21(17)29-14-15-30-23-25-24-22(18-9-11-19(27-2)12-10-18)26(23)16-20-7-5-13-28-20/h3-13H,14-16H2,1-2H3. The van der Waals surface area contributed by atoms with E-state index in [1.165, 1.54) is 0 Å². The molecule has 4 rings (SSSR count). The molecule has 2 aromatic heterocycles. The van der Waals surface area contributed by atoms with Crippen molar-refractivity contribution in [3.63, 3.8) is 0 Å². The van der Waals surface area contributed by atoms with Gasteiger partial charge in [0.2, 0.25) is 0 Å². The number of para-hydroxylation sites is 1. The second-order valence-electron chi connectivity index (χ2n) is 6.66. The van der Waals surface area contributed by atoms with Gasteiger partial charge in [0, 0.05) is 11.3 Å². The largest absolute Gasteiger partial charge is 0.497 e. The highest BCUT2D eigenvalue weighted by atomic mass is 32.2. The maximum atomic E-state index is 5.91. The summed E-state index contributed by atoms with van der Waals surface area (Å²) in [5, 5.41) is 9.69. The Morgan fingerprint density at radius 1 is 1.00 bits per heavy atom. The molecule has 0 saturated carbocycles. The molecule has 0 aliphatic carbocycles.